The maximum atomic E-state index is 12.0. The lowest BCUT2D eigenvalue weighted by atomic mass is 9.91. The summed E-state index contributed by atoms with van der Waals surface area (Å²) in [6.45, 7) is -0.283. The van der Waals surface area contributed by atoms with Crippen molar-refractivity contribution < 1.29 is 13.9 Å². The van der Waals surface area contributed by atoms with Gasteiger partial charge in [0.15, 0.2) is 0 Å². The van der Waals surface area contributed by atoms with Crippen LogP contribution in [0.5, 0.6) is 0 Å². The molecule has 0 saturated carbocycles. The molecule has 6 heteroatoms. The average molecular weight is 324 g/mol. The highest BCUT2D eigenvalue weighted by Crippen LogP contribution is 2.29. The summed E-state index contributed by atoms with van der Waals surface area (Å²) in [5.41, 5.74) is 1.88. The van der Waals surface area contributed by atoms with E-state index in [2.05, 4.69) is 9.84 Å². The van der Waals surface area contributed by atoms with Crippen LogP contribution in [0.25, 0.3) is 0 Å². The zero-order valence-corrected chi connectivity index (χ0v) is 13.1. The van der Waals surface area contributed by atoms with Crippen LogP contribution in [0.3, 0.4) is 0 Å². The molecule has 3 aromatic rings. The van der Waals surface area contributed by atoms with Gasteiger partial charge in [0.1, 0.15) is 6.54 Å². The van der Waals surface area contributed by atoms with Crippen LogP contribution in [0.4, 0.5) is 0 Å². The first-order valence-corrected chi connectivity index (χ1v) is 7.43. The molecule has 0 saturated heterocycles. The number of rotatable bonds is 5. The summed E-state index contributed by atoms with van der Waals surface area (Å²) in [4.78, 5) is 23.4. The van der Waals surface area contributed by atoms with Gasteiger partial charge in [-0.05, 0) is 11.1 Å². The summed E-state index contributed by atoms with van der Waals surface area (Å²) in [5, 5.41) is 4.19. The number of aromatic nitrogens is 2. The van der Waals surface area contributed by atoms with E-state index >= 15 is 0 Å². The van der Waals surface area contributed by atoms with Crippen LogP contribution in [0, 0.1) is 0 Å². The molecule has 0 unspecified atom stereocenters. The maximum absolute atomic E-state index is 12.0. The molecule has 0 atom stereocenters. The van der Waals surface area contributed by atoms with Crippen molar-refractivity contribution in [2.45, 2.75) is 12.5 Å². The fourth-order valence-corrected chi connectivity index (χ4v) is 2.49. The van der Waals surface area contributed by atoms with Crippen LogP contribution in [-0.4, -0.2) is 22.9 Å². The molecule has 0 spiro atoms. The van der Waals surface area contributed by atoms with Crippen molar-refractivity contribution in [1.29, 1.82) is 0 Å². The van der Waals surface area contributed by atoms with E-state index in [0.717, 1.165) is 15.8 Å². The summed E-state index contributed by atoms with van der Waals surface area (Å²) in [6, 6.07) is 19.2. The summed E-state index contributed by atoms with van der Waals surface area (Å²) in [7, 11) is 1.26. The molecule has 0 radical (unpaired) electrons. The average Bonchev–Trinajstić information content (AvgIpc) is 2.97. The van der Waals surface area contributed by atoms with E-state index in [0.29, 0.717) is 0 Å². The van der Waals surface area contributed by atoms with Crippen molar-refractivity contribution in [3.8, 4) is 0 Å². The van der Waals surface area contributed by atoms with Crippen LogP contribution in [0.1, 0.15) is 22.9 Å². The minimum atomic E-state index is -0.688. The highest BCUT2D eigenvalue weighted by atomic mass is 16.5. The Kier molecular flexibility index (Phi) is 4.56. The molecule has 0 aliphatic rings. The zero-order valence-electron chi connectivity index (χ0n) is 13.1. The van der Waals surface area contributed by atoms with E-state index in [4.69, 9.17) is 4.42 Å². The summed E-state index contributed by atoms with van der Waals surface area (Å²) in [5.74, 6) is -1.35. The number of methoxy groups -OCH3 is 1. The first kappa shape index (κ1) is 15.7. The van der Waals surface area contributed by atoms with E-state index in [9.17, 15) is 9.59 Å². The molecule has 2 aromatic carbocycles. The van der Waals surface area contributed by atoms with Gasteiger partial charge in [0.05, 0.1) is 13.0 Å². The molecule has 1 heterocycles. The Hall–Kier alpha value is -3.15. The fraction of sp³-hybridized carbons (Fsp3) is 0.167. The Labute approximate surface area is 138 Å². The first-order valence-electron chi connectivity index (χ1n) is 7.43. The molecule has 6 nitrogen and oxygen atoms in total. The van der Waals surface area contributed by atoms with Crippen molar-refractivity contribution >= 4 is 5.97 Å². The van der Waals surface area contributed by atoms with E-state index in [-0.39, 0.29) is 18.4 Å². The highest BCUT2D eigenvalue weighted by molar-refractivity contribution is 5.68. The third kappa shape index (κ3) is 3.27. The largest absolute Gasteiger partial charge is 0.468 e. The minimum Gasteiger partial charge on any atom is -0.468 e. The van der Waals surface area contributed by atoms with E-state index in [1.165, 1.54) is 7.11 Å². The number of carbonyl (C=O) groups excluding carboxylic acids is 1. The number of hydrogen-bond donors (Lipinski definition) is 0. The lowest BCUT2D eigenvalue weighted by Crippen LogP contribution is -2.22. The van der Waals surface area contributed by atoms with Gasteiger partial charge in [-0.25, -0.2) is 4.79 Å². The molecule has 0 amide bonds. The number of esters is 1. The number of benzene rings is 2. The first-order chi connectivity index (χ1) is 11.7. The Morgan fingerprint density at radius 1 is 1.08 bits per heavy atom. The zero-order chi connectivity index (χ0) is 16.9. The van der Waals surface area contributed by atoms with Gasteiger partial charge in [0.2, 0.25) is 5.89 Å². The number of carbonyl (C=O) groups is 1. The molecule has 0 fully saturated rings. The number of nitrogens with zero attached hydrogens (tertiary/aromatic N) is 2. The number of ether oxygens (including phenoxy) is 1. The second-order valence-electron chi connectivity index (χ2n) is 5.19. The second-order valence-corrected chi connectivity index (χ2v) is 5.19. The Balaban J connectivity index is 2.06. The van der Waals surface area contributed by atoms with Crippen LogP contribution >= 0.6 is 0 Å². The molecule has 0 N–H and O–H groups in total. The van der Waals surface area contributed by atoms with Crippen molar-refractivity contribution in [3.05, 3.63) is 88.2 Å². The van der Waals surface area contributed by atoms with Gasteiger partial charge in [0, 0.05) is 0 Å². The molecular formula is C18H16N2O4. The van der Waals surface area contributed by atoms with Crippen LogP contribution in [-0.2, 0) is 16.1 Å². The fourth-order valence-electron chi connectivity index (χ4n) is 2.49. The highest BCUT2D eigenvalue weighted by Gasteiger charge is 2.24. The molecule has 3 rings (SSSR count). The van der Waals surface area contributed by atoms with E-state index in [1.54, 1.807) is 0 Å². The van der Waals surface area contributed by atoms with Crippen molar-refractivity contribution in [2.24, 2.45) is 0 Å². The molecule has 0 aliphatic heterocycles. The Bertz CT molecular complexity index is 829. The van der Waals surface area contributed by atoms with E-state index in [1.807, 2.05) is 60.7 Å². The monoisotopic (exact) mass is 324 g/mol. The van der Waals surface area contributed by atoms with E-state index < -0.39 is 11.7 Å². The third-order valence-electron chi connectivity index (χ3n) is 3.64. The predicted molar refractivity (Wildman–Crippen MR) is 86.6 cm³/mol. The van der Waals surface area contributed by atoms with Crippen LogP contribution in [0.15, 0.2) is 69.9 Å². The van der Waals surface area contributed by atoms with Gasteiger partial charge in [0.25, 0.3) is 0 Å². The van der Waals surface area contributed by atoms with Gasteiger partial charge in [-0.3, -0.25) is 4.79 Å². The molecule has 1 aromatic heterocycles. The lowest BCUT2D eigenvalue weighted by molar-refractivity contribution is -0.141. The van der Waals surface area contributed by atoms with Crippen LogP contribution < -0.4 is 5.76 Å². The molecule has 0 bridgehead atoms. The SMILES string of the molecule is COC(=O)Cn1nc(C(c2ccccc2)c2ccccc2)oc1=O. The van der Waals surface area contributed by atoms with Gasteiger partial charge >= 0.3 is 11.7 Å². The maximum Gasteiger partial charge on any atom is 0.437 e. The number of hydrogen-bond acceptors (Lipinski definition) is 5. The molecule has 24 heavy (non-hydrogen) atoms. The van der Waals surface area contributed by atoms with Gasteiger partial charge in [-0.15, -0.1) is 5.10 Å². The lowest BCUT2D eigenvalue weighted by Gasteiger charge is -2.13. The Morgan fingerprint density at radius 2 is 1.62 bits per heavy atom. The standard InChI is InChI=1S/C18H16N2O4/c1-23-15(21)12-20-18(22)24-17(19-20)16(13-8-4-2-5-9-13)14-10-6-3-7-11-14/h2-11,16H,12H2,1H3. The smallest absolute Gasteiger partial charge is 0.437 e. The summed E-state index contributed by atoms with van der Waals surface area (Å²) in [6.07, 6.45) is 0. The minimum absolute atomic E-state index is 0.237. The molecular weight excluding hydrogens is 308 g/mol. The Morgan fingerprint density at radius 3 is 2.12 bits per heavy atom. The molecule has 122 valence electrons. The van der Waals surface area contributed by atoms with Gasteiger partial charge in [-0.1, -0.05) is 60.7 Å². The van der Waals surface area contributed by atoms with Crippen molar-refractivity contribution in [1.82, 2.24) is 9.78 Å². The van der Waals surface area contributed by atoms with Gasteiger partial charge < -0.3 is 9.15 Å². The topological polar surface area (TPSA) is 74.3 Å². The normalized spacial score (nSPS) is 10.8. The summed E-state index contributed by atoms with van der Waals surface area (Å²) < 4.78 is 10.9. The third-order valence-corrected chi connectivity index (χ3v) is 3.64. The van der Waals surface area contributed by atoms with Crippen molar-refractivity contribution in [3.63, 3.8) is 0 Å². The van der Waals surface area contributed by atoms with Crippen LogP contribution in [0.2, 0.25) is 0 Å². The summed E-state index contributed by atoms with van der Waals surface area (Å²) >= 11 is 0. The van der Waals surface area contributed by atoms with Gasteiger partial charge in [-0.2, -0.15) is 4.68 Å². The second kappa shape index (κ2) is 6.95. The predicted octanol–water partition coefficient (Wildman–Crippen LogP) is 2.19. The molecule has 0 aliphatic carbocycles. The quantitative estimate of drug-likeness (QED) is 0.673. The van der Waals surface area contributed by atoms with Crippen molar-refractivity contribution in [2.75, 3.05) is 7.11 Å².